The predicted octanol–water partition coefficient (Wildman–Crippen LogP) is 1.70. The van der Waals surface area contributed by atoms with Crippen molar-refractivity contribution in [3.05, 3.63) is 36.2 Å². The first-order valence-corrected chi connectivity index (χ1v) is 5.77. The van der Waals surface area contributed by atoms with E-state index in [0.717, 1.165) is 5.56 Å². The van der Waals surface area contributed by atoms with Crippen LogP contribution in [0.2, 0.25) is 0 Å². The molecule has 1 aromatic carbocycles. The fourth-order valence-electron chi connectivity index (χ4n) is 1.59. The minimum absolute atomic E-state index is 0.0513. The molecule has 2 aromatic rings. The highest BCUT2D eigenvalue weighted by Crippen LogP contribution is 2.15. The molecule has 0 aliphatic carbocycles. The quantitative estimate of drug-likeness (QED) is 0.886. The van der Waals surface area contributed by atoms with Gasteiger partial charge in [0.05, 0.1) is 6.10 Å². The molecule has 0 spiro atoms. The maximum absolute atomic E-state index is 5.71. The summed E-state index contributed by atoms with van der Waals surface area (Å²) in [6.45, 7) is 1.96. The highest BCUT2D eigenvalue weighted by molar-refractivity contribution is 5.55. The summed E-state index contributed by atoms with van der Waals surface area (Å²) in [6.07, 6.45) is 0.665. The lowest BCUT2D eigenvalue weighted by atomic mass is 10.2. The van der Waals surface area contributed by atoms with Crippen LogP contribution in [0, 0.1) is 0 Å². The number of methoxy groups -OCH3 is 1. The van der Waals surface area contributed by atoms with E-state index in [-0.39, 0.29) is 12.1 Å². The molecule has 0 fully saturated rings. The molecule has 2 N–H and O–H groups in total. The third kappa shape index (κ3) is 3.01. The van der Waals surface area contributed by atoms with Crippen LogP contribution < -0.4 is 5.73 Å². The van der Waals surface area contributed by atoms with E-state index in [0.29, 0.717) is 18.1 Å². The second kappa shape index (κ2) is 5.55. The summed E-state index contributed by atoms with van der Waals surface area (Å²) >= 11 is 0. The number of hydrogen-bond donors (Lipinski definition) is 1. The topological polar surface area (TPSA) is 73.9 Å². The molecule has 1 unspecified atom stereocenters. The van der Waals surface area contributed by atoms with Crippen LogP contribution in [-0.4, -0.2) is 28.2 Å². The number of aromatic nitrogens is 3. The van der Waals surface area contributed by atoms with Gasteiger partial charge in [0.25, 0.3) is 0 Å². The van der Waals surface area contributed by atoms with Crippen molar-refractivity contribution in [3.8, 4) is 11.4 Å². The molecule has 1 atom stereocenters. The Morgan fingerprint density at radius 3 is 2.56 bits per heavy atom. The second-order valence-electron chi connectivity index (χ2n) is 4.05. The smallest absolute Gasteiger partial charge is 0.223 e. The molecule has 0 saturated carbocycles. The van der Waals surface area contributed by atoms with Gasteiger partial charge in [-0.3, -0.25) is 0 Å². The van der Waals surface area contributed by atoms with Crippen molar-refractivity contribution < 1.29 is 4.74 Å². The lowest BCUT2D eigenvalue weighted by Crippen LogP contribution is -2.13. The lowest BCUT2D eigenvalue weighted by molar-refractivity contribution is 0.117. The average Bonchev–Trinajstić information content (AvgIpc) is 2.39. The first-order chi connectivity index (χ1) is 8.69. The molecule has 94 valence electrons. The number of hydrogen-bond acceptors (Lipinski definition) is 5. The van der Waals surface area contributed by atoms with Gasteiger partial charge in [0.1, 0.15) is 5.82 Å². The Morgan fingerprint density at radius 1 is 1.17 bits per heavy atom. The van der Waals surface area contributed by atoms with Gasteiger partial charge >= 0.3 is 0 Å². The highest BCUT2D eigenvalue weighted by atomic mass is 16.5. The standard InChI is InChI=1S/C13H16N4O/c1-9(18-2)8-11-15-12(17-13(14)16-11)10-6-4-3-5-7-10/h3-7,9H,8H2,1-2H3,(H2,14,15,16,17). The Bertz CT molecular complexity index is 516. The molecule has 0 aliphatic heterocycles. The van der Waals surface area contributed by atoms with Gasteiger partial charge in [0.15, 0.2) is 5.82 Å². The van der Waals surface area contributed by atoms with Crippen molar-refractivity contribution >= 4 is 5.95 Å². The molecule has 18 heavy (non-hydrogen) atoms. The van der Waals surface area contributed by atoms with E-state index in [1.54, 1.807) is 7.11 Å². The monoisotopic (exact) mass is 244 g/mol. The summed E-state index contributed by atoms with van der Waals surface area (Å²) in [4.78, 5) is 12.7. The molecule has 1 heterocycles. The van der Waals surface area contributed by atoms with Crippen molar-refractivity contribution in [2.24, 2.45) is 0 Å². The van der Waals surface area contributed by atoms with E-state index in [1.165, 1.54) is 0 Å². The predicted molar refractivity (Wildman–Crippen MR) is 69.9 cm³/mol. The van der Waals surface area contributed by atoms with E-state index in [2.05, 4.69) is 15.0 Å². The third-order valence-electron chi connectivity index (χ3n) is 2.60. The summed E-state index contributed by atoms with van der Waals surface area (Å²) in [6, 6.07) is 9.71. The van der Waals surface area contributed by atoms with Gasteiger partial charge in [0.2, 0.25) is 5.95 Å². The Balaban J connectivity index is 2.32. The van der Waals surface area contributed by atoms with Gasteiger partial charge in [-0.05, 0) is 6.92 Å². The van der Waals surface area contributed by atoms with Gasteiger partial charge in [0, 0.05) is 19.1 Å². The summed E-state index contributed by atoms with van der Waals surface area (Å²) in [5.41, 5.74) is 6.64. The molecule has 0 saturated heterocycles. The Morgan fingerprint density at radius 2 is 1.89 bits per heavy atom. The number of benzene rings is 1. The van der Waals surface area contributed by atoms with Crippen molar-refractivity contribution in [2.45, 2.75) is 19.4 Å². The molecule has 5 nitrogen and oxygen atoms in total. The van der Waals surface area contributed by atoms with Crippen LogP contribution in [0.3, 0.4) is 0 Å². The molecule has 0 amide bonds. The van der Waals surface area contributed by atoms with Crippen LogP contribution in [0.4, 0.5) is 5.95 Å². The first kappa shape index (κ1) is 12.4. The summed E-state index contributed by atoms with van der Waals surface area (Å²) < 4.78 is 5.20. The van der Waals surface area contributed by atoms with Crippen molar-refractivity contribution in [1.29, 1.82) is 0 Å². The minimum Gasteiger partial charge on any atom is -0.381 e. The zero-order chi connectivity index (χ0) is 13.0. The van der Waals surface area contributed by atoms with Crippen molar-refractivity contribution in [3.63, 3.8) is 0 Å². The van der Waals surface area contributed by atoms with Gasteiger partial charge in [-0.2, -0.15) is 9.97 Å². The molecule has 0 radical (unpaired) electrons. The fraction of sp³-hybridized carbons (Fsp3) is 0.308. The van der Waals surface area contributed by atoms with E-state index in [1.807, 2.05) is 37.3 Å². The normalized spacial score (nSPS) is 12.3. The summed E-state index contributed by atoms with van der Waals surface area (Å²) in [7, 11) is 1.66. The molecule has 0 aliphatic rings. The zero-order valence-electron chi connectivity index (χ0n) is 10.5. The lowest BCUT2D eigenvalue weighted by Gasteiger charge is -2.09. The maximum Gasteiger partial charge on any atom is 0.223 e. The Kier molecular flexibility index (Phi) is 3.84. The number of anilines is 1. The average molecular weight is 244 g/mol. The minimum atomic E-state index is 0.0513. The van der Waals surface area contributed by atoms with Crippen LogP contribution in [0.5, 0.6) is 0 Å². The Labute approximate surface area is 106 Å². The summed E-state index contributed by atoms with van der Waals surface area (Å²) in [5, 5.41) is 0. The van der Waals surface area contributed by atoms with Gasteiger partial charge in [-0.15, -0.1) is 0 Å². The van der Waals surface area contributed by atoms with Crippen LogP contribution in [0.1, 0.15) is 12.7 Å². The van der Waals surface area contributed by atoms with Gasteiger partial charge < -0.3 is 10.5 Å². The summed E-state index contributed by atoms with van der Waals surface area (Å²) in [5.74, 6) is 1.49. The van der Waals surface area contributed by atoms with Crippen LogP contribution in [0.15, 0.2) is 30.3 Å². The number of ether oxygens (including phenoxy) is 1. The van der Waals surface area contributed by atoms with Gasteiger partial charge in [-0.1, -0.05) is 30.3 Å². The van der Waals surface area contributed by atoms with E-state index in [4.69, 9.17) is 10.5 Å². The zero-order valence-corrected chi connectivity index (χ0v) is 10.5. The molecule has 5 heteroatoms. The molecular weight excluding hydrogens is 228 g/mol. The van der Waals surface area contributed by atoms with Crippen LogP contribution >= 0.6 is 0 Å². The fourth-order valence-corrected chi connectivity index (χ4v) is 1.59. The van der Waals surface area contributed by atoms with Crippen molar-refractivity contribution in [1.82, 2.24) is 15.0 Å². The molecule has 0 bridgehead atoms. The molecule has 1 aromatic heterocycles. The van der Waals surface area contributed by atoms with E-state index >= 15 is 0 Å². The largest absolute Gasteiger partial charge is 0.381 e. The number of nitrogens with two attached hydrogens (primary N) is 1. The number of nitrogen functional groups attached to an aromatic ring is 1. The Hall–Kier alpha value is -2.01. The molecule has 2 rings (SSSR count). The van der Waals surface area contributed by atoms with Crippen LogP contribution in [0.25, 0.3) is 11.4 Å². The van der Waals surface area contributed by atoms with E-state index < -0.39 is 0 Å². The van der Waals surface area contributed by atoms with E-state index in [9.17, 15) is 0 Å². The van der Waals surface area contributed by atoms with Gasteiger partial charge in [-0.25, -0.2) is 4.98 Å². The van der Waals surface area contributed by atoms with Crippen LogP contribution in [-0.2, 0) is 11.2 Å². The number of rotatable bonds is 4. The van der Waals surface area contributed by atoms with Crippen molar-refractivity contribution in [2.75, 3.05) is 12.8 Å². The SMILES string of the molecule is COC(C)Cc1nc(N)nc(-c2ccccc2)n1. The maximum atomic E-state index is 5.71. The molecular formula is C13H16N4O. The second-order valence-corrected chi connectivity index (χ2v) is 4.05. The first-order valence-electron chi connectivity index (χ1n) is 5.77. The highest BCUT2D eigenvalue weighted by Gasteiger charge is 2.09. The number of nitrogens with zero attached hydrogens (tertiary/aromatic N) is 3. The third-order valence-corrected chi connectivity index (χ3v) is 2.60.